The Labute approximate surface area is 130 Å². The first-order valence-electron chi connectivity index (χ1n) is 6.31. The van der Waals surface area contributed by atoms with Crippen molar-refractivity contribution in [3.05, 3.63) is 28.0 Å². The van der Waals surface area contributed by atoms with E-state index in [9.17, 15) is 14.0 Å². The van der Waals surface area contributed by atoms with Crippen LogP contribution in [-0.4, -0.2) is 24.3 Å². The zero-order valence-electron chi connectivity index (χ0n) is 12.3. The fourth-order valence-electron chi connectivity index (χ4n) is 1.48. The van der Waals surface area contributed by atoms with Gasteiger partial charge in [-0.05, 0) is 55.8 Å². The molecule has 0 aliphatic rings. The lowest BCUT2D eigenvalue weighted by Crippen LogP contribution is -2.28. The van der Waals surface area contributed by atoms with Crippen LogP contribution in [0.3, 0.4) is 0 Å². The van der Waals surface area contributed by atoms with Gasteiger partial charge in [-0.15, -0.1) is 0 Å². The van der Waals surface area contributed by atoms with Crippen LogP contribution in [0, 0.1) is 5.82 Å². The second-order valence-electron chi connectivity index (χ2n) is 5.13. The maximum absolute atomic E-state index is 13.9. The molecular weight excluding hydrogens is 345 g/mol. The molecule has 1 amide bonds. The molecule has 5 nitrogen and oxygen atoms in total. The van der Waals surface area contributed by atoms with E-state index in [1.165, 1.54) is 6.07 Å². The van der Waals surface area contributed by atoms with Gasteiger partial charge in [0, 0.05) is 4.47 Å². The van der Waals surface area contributed by atoms with Gasteiger partial charge in [0.15, 0.2) is 0 Å². The third-order valence-corrected chi connectivity index (χ3v) is 2.87. The van der Waals surface area contributed by atoms with Crippen molar-refractivity contribution in [1.29, 1.82) is 0 Å². The highest BCUT2D eigenvalue weighted by Crippen LogP contribution is 2.30. The molecule has 0 bridgehead atoms. The van der Waals surface area contributed by atoms with E-state index in [2.05, 4.69) is 21.2 Å². The highest BCUT2D eigenvalue weighted by Gasteiger charge is 2.24. The Morgan fingerprint density at radius 1 is 1.33 bits per heavy atom. The second-order valence-corrected chi connectivity index (χ2v) is 5.98. The number of ether oxygens (including phenoxy) is 2. The summed E-state index contributed by atoms with van der Waals surface area (Å²) < 4.78 is 24.1. The molecule has 0 radical (unpaired) electrons. The minimum atomic E-state index is -0.859. The normalized spacial score (nSPS) is 11.0. The molecular formula is C14H17BrFNO4. The number of carbonyl (C=O) groups excluding carboxylic acids is 2. The molecule has 21 heavy (non-hydrogen) atoms. The monoisotopic (exact) mass is 361 g/mol. The quantitative estimate of drug-likeness (QED) is 0.822. The molecule has 0 aliphatic carbocycles. The first-order chi connectivity index (χ1) is 9.65. The molecule has 1 aromatic carbocycles. The number of halogens is 2. The summed E-state index contributed by atoms with van der Waals surface area (Å²) >= 11 is 3.16. The van der Waals surface area contributed by atoms with Crippen LogP contribution < -0.4 is 5.32 Å². The number of hydrogen-bond acceptors (Lipinski definition) is 4. The average molecular weight is 362 g/mol. The van der Waals surface area contributed by atoms with Crippen molar-refractivity contribution in [2.75, 3.05) is 11.9 Å². The minimum absolute atomic E-state index is 0.0253. The van der Waals surface area contributed by atoms with Crippen LogP contribution in [0.4, 0.5) is 14.9 Å². The molecule has 0 unspecified atom stereocenters. The van der Waals surface area contributed by atoms with Crippen LogP contribution in [0.1, 0.15) is 38.1 Å². The first-order valence-corrected chi connectivity index (χ1v) is 7.10. The van der Waals surface area contributed by atoms with Gasteiger partial charge in [-0.2, -0.15) is 0 Å². The molecule has 0 saturated carbocycles. The van der Waals surface area contributed by atoms with Gasteiger partial charge in [0.05, 0.1) is 12.3 Å². The molecule has 116 valence electrons. The van der Waals surface area contributed by atoms with Gasteiger partial charge in [0.2, 0.25) is 0 Å². The van der Waals surface area contributed by atoms with E-state index in [0.29, 0.717) is 4.47 Å². The molecule has 0 spiro atoms. The summed E-state index contributed by atoms with van der Waals surface area (Å²) in [7, 11) is 0. The van der Waals surface area contributed by atoms with Crippen LogP contribution in [-0.2, 0) is 9.47 Å². The number of rotatable bonds is 3. The Bertz CT molecular complexity index is 555. The van der Waals surface area contributed by atoms with E-state index in [0.717, 1.165) is 6.07 Å². The van der Waals surface area contributed by atoms with E-state index < -0.39 is 23.5 Å². The van der Waals surface area contributed by atoms with Crippen molar-refractivity contribution in [3.8, 4) is 0 Å². The van der Waals surface area contributed by atoms with Crippen LogP contribution >= 0.6 is 15.9 Å². The van der Waals surface area contributed by atoms with Crippen LogP contribution in [0.5, 0.6) is 0 Å². The Kier molecular flexibility index (Phi) is 5.71. The number of nitrogens with one attached hydrogen (secondary N) is 1. The number of esters is 1. The van der Waals surface area contributed by atoms with Crippen molar-refractivity contribution in [1.82, 2.24) is 0 Å². The maximum atomic E-state index is 13.9. The van der Waals surface area contributed by atoms with Gasteiger partial charge in [-0.25, -0.2) is 14.0 Å². The van der Waals surface area contributed by atoms with Gasteiger partial charge in [-0.1, -0.05) is 0 Å². The van der Waals surface area contributed by atoms with Crippen molar-refractivity contribution in [3.63, 3.8) is 0 Å². The predicted molar refractivity (Wildman–Crippen MR) is 79.9 cm³/mol. The largest absolute Gasteiger partial charge is 0.462 e. The molecule has 0 fully saturated rings. The van der Waals surface area contributed by atoms with Crippen molar-refractivity contribution in [2.45, 2.75) is 33.3 Å². The number of anilines is 1. The Morgan fingerprint density at radius 2 is 1.95 bits per heavy atom. The van der Waals surface area contributed by atoms with Crippen molar-refractivity contribution >= 4 is 33.7 Å². The first kappa shape index (κ1) is 17.4. The zero-order valence-corrected chi connectivity index (χ0v) is 13.8. The highest BCUT2D eigenvalue weighted by atomic mass is 79.9. The fraction of sp³-hybridized carbons (Fsp3) is 0.429. The lowest BCUT2D eigenvalue weighted by Gasteiger charge is -2.20. The summed E-state index contributed by atoms with van der Waals surface area (Å²) in [6.07, 6.45) is -0.792. The summed E-state index contributed by atoms with van der Waals surface area (Å²) in [5.74, 6) is -1.65. The smallest absolute Gasteiger partial charge is 0.412 e. The minimum Gasteiger partial charge on any atom is -0.462 e. The Hall–Kier alpha value is -1.63. The summed E-state index contributed by atoms with van der Waals surface area (Å²) in [6, 6.07) is 2.49. The molecule has 1 aromatic rings. The molecule has 1 N–H and O–H groups in total. The standard InChI is InChI=1S/C14H17BrFNO4/c1-5-20-12(18)10-9(16)7-6-8(15)11(10)17-13(19)21-14(2,3)4/h6-7H,5H2,1-4H3,(H,17,19). The van der Waals surface area contributed by atoms with E-state index >= 15 is 0 Å². The summed E-state index contributed by atoms with van der Waals surface area (Å²) in [4.78, 5) is 23.6. The van der Waals surface area contributed by atoms with Gasteiger partial charge in [0.25, 0.3) is 0 Å². The molecule has 7 heteroatoms. The van der Waals surface area contributed by atoms with Gasteiger partial charge in [-0.3, -0.25) is 5.32 Å². The van der Waals surface area contributed by atoms with E-state index in [4.69, 9.17) is 9.47 Å². The summed E-state index contributed by atoms with van der Waals surface area (Å²) in [5.41, 5.74) is -1.09. The maximum Gasteiger partial charge on any atom is 0.412 e. The third kappa shape index (κ3) is 5.00. The number of benzene rings is 1. The molecule has 1 rings (SSSR count). The molecule has 0 aliphatic heterocycles. The zero-order chi connectivity index (χ0) is 16.2. The topological polar surface area (TPSA) is 64.6 Å². The van der Waals surface area contributed by atoms with Crippen LogP contribution in [0.2, 0.25) is 0 Å². The molecule has 0 atom stereocenters. The third-order valence-electron chi connectivity index (χ3n) is 2.21. The number of hydrogen-bond donors (Lipinski definition) is 1. The molecule has 0 heterocycles. The van der Waals surface area contributed by atoms with Crippen LogP contribution in [0.25, 0.3) is 0 Å². The number of amides is 1. The Morgan fingerprint density at radius 3 is 2.48 bits per heavy atom. The van der Waals surface area contributed by atoms with E-state index in [1.54, 1.807) is 27.7 Å². The SMILES string of the molecule is CCOC(=O)c1c(F)ccc(Br)c1NC(=O)OC(C)(C)C. The highest BCUT2D eigenvalue weighted by molar-refractivity contribution is 9.10. The summed E-state index contributed by atoms with van der Waals surface area (Å²) in [6.45, 7) is 6.78. The number of carbonyl (C=O) groups is 2. The predicted octanol–water partition coefficient (Wildman–Crippen LogP) is 4.11. The summed E-state index contributed by atoms with van der Waals surface area (Å²) in [5, 5.41) is 2.37. The lowest BCUT2D eigenvalue weighted by molar-refractivity contribution is 0.0522. The Balaban J connectivity index is 3.13. The average Bonchev–Trinajstić information content (AvgIpc) is 2.31. The van der Waals surface area contributed by atoms with E-state index in [-0.39, 0.29) is 17.9 Å². The van der Waals surface area contributed by atoms with Gasteiger partial charge < -0.3 is 9.47 Å². The fourth-order valence-corrected chi connectivity index (χ4v) is 1.91. The molecule has 0 aromatic heterocycles. The van der Waals surface area contributed by atoms with Crippen molar-refractivity contribution < 1.29 is 23.5 Å². The van der Waals surface area contributed by atoms with Crippen molar-refractivity contribution in [2.24, 2.45) is 0 Å². The lowest BCUT2D eigenvalue weighted by atomic mass is 10.1. The molecule has 0 saturated heterocycles. The van der Waals surface area contributed by atoms with Crippen LogP contribution in [0.15, 0.2) is 16.6 Å². The van der Waals surface area contributed by atoms with E-state index in [1.807, 2.05) is 0 Å². The van der Waals surface area contributed by atoms with Gasteiger partial charge >= 0.3 is 12.1 Å². The second kappa shape index (κ2) is 6.89. The van der Waals surface area contributed by atoms with Gasteiger partial charge in [0.1, 0.15) is 17.0 Å².